The zero-order valence-electron chi connectivity index (χ0n) is 12.2. The third-order valence-electron chi connectivity index (χ3n) is 2.98. The Morgan fingerprint density at radius 1 is 1.09 bits per heavy atom. The molecule has 0 aliphatic heterocycles. The molecule has 0 aliphatic carbocycles. The van der Waals surface area contributed by atoms with E-state index in [2.05, 4.69) is 23.1 Å². The fourth-order valence-corrected chi connectivity index (χ4v) is 1.84. The van der Waals surface area contributed by atoms with Gasteiger partial charge in [0.25, 0.3) is 5.54 Å². The van der Waals surface area contributed by atoms with Crippen LogP contribution in [-0.4, -0.2) is 18.6 Å². The van der Waals surface area contributed by atoms with Crippen molar-refractivity contribution in [1.82, 2.24) is 0 Å². The van der Waals surface area contributed by atoms with Crippen molar-refractivity contribution < 1.29 is 9.53 Å². The van der Waals surface area contributed by atoms with Crippen LogP contribution < -0.4 is 5.32 Å². The second-order valence-corrected chi connectivity index (χ2v) is 4.49. The van der Waals surface area contributed by atoms with Gasteiger partial charge in [0.15, 0.2) is 0 Å². The Bertz CT molecular complexity index is 736. The predicted molar refractivity (Wildman–Crippen MR) is 87.0 cm³/mol. The first-order valence-electron chi connectivity index (χ1n) is 6.68. The summed E-state index contributed by atoms with van der Waals surface area (Å²) in [5, 5.41) is 2.98. The van der Waals surface area contributed by atoms with Crippen LogP contribution in [0.5, 0.6) is 0 Å². The molecular formula is C19H15NO2. The van der Waals surface area contributed by atoms with Gasteiger partial charge in [-0.25, -0.2) is 4.79 Å². The molecule has 22 heavy (non-hydrogen) atoms. The normalized spacial score (nSPS) is 12.0. The van der Waals surface area contributed by atoms with Gasteiger partial charge in [0.1, 0.15) is 0 Å². The Morgan fingerprint density at radius 3 is 2.23 bits per heavy atom. The minimum Gasteiger partial charge on any atom is -0.466 e. The number of benzene rings is 2. The topological polar surface area (TPSA) is 38.3 Å². The maximum absolute atomic E-state index is 12.2. The molecule has 2 rings (SSSR count). The second kappa shape index (κ2) is 7.02. The van der Waals surface area contributed by atoms with E-state index in [1.54, 1.807) is 12.1 Å². The van der Waals surface area contributed by atoms with Gasteiger partial charge in [0.2, 0.25) is 0 Å². The molecule has 2 aromatic rings. The molecule has 0 radical (unpaired) electrons. The van der Waals surface area contributed by atoms with Gasteiger partial charge in [-0.2, -0.15) is 0 Å². The molecule has 0 saturated heterocycles. The Morgan fingerprint density at radius 2 is 1.68 bits per heavy atom. The molecule has 0 bridgehead atoms. The van der Waals surface area contributed by atoms with Crippen molar-refractivity contribution in [3.8, 4) is 24.2 Å². The SMILES string of the molecule is C#C[C@@](C#Cc1ccccc1)(Nc1ccccc1)C(=O)OC. The number of carbonyl (C=O) groups is 1. The number of esters is 1. The summed E-state index contributed by atoms with van der Waals surface area (Å²) in [7, 11) is 1.28. The summed E-state index contributed by atoms with van der Waals surface area (Å²) in [6.45, 7) is 0. The first-order valence-corrected chi connectivity index (χ1v) is 6.68. The fraction of sp³-hybridized carbons (Fsp3) is 0.105. The van der Waals surface area contributed by atoms with Gasteiger partial charge >= 0.3 is 5.97 Å². The molecular weight excluding hydrogens is 274 g/mol. The highest BCUT2D eigenvalue weighted by Gasteiger charge is 2.36. The van der Waals surface area contributed by atoms with Crippen LogP contribution in [0.25, 0.3) is 0 Å². The Kier molecular flexibility index (Phi) is 4.85. The maximum Gasteiger partial charge on any atom is 0.357 e. The van der Waals surface area contributed by atoms with Crippen LogP contribution in [-0.2, 0) is 9.53 Å². The highest BCUT2D eigenvalue weighted by Crippen LogP contribution is 2.16. The Hall–Kier alpha value is -3.17. The number of nitrogens with one attached hydrogen (secondary N) is 1. The zero-order chi connectivity index (χ0) is 15.8. The van der Waals surface area contributed by atoms with E-state index in [9.17, 15) is 4.79 Å². The van der Waals surface area contributed by atoms with Crippen molar-refractivity contribution in [2.45, 2.75) is 5.54 Å². The molecule has 0 heterocycles. The predicted octanol–water partition coefficient (Wildman–Crippen LogP) is 2.70. The van der Waals surface area contributed by atoms with Crippen molar-refractivity contribution in [3.05, 3.63) is 66.2 Å². The van der Waals surface area contributed by atoms with E-state index in [1.165, 1.54) is 7.11 Å². The summed E-state index contributed by atoms with van der Waals surface area (Å²) < 4.78 is 4.82. The Balaban J connectivity index is 2.40. The van der Waals surface area contributed by atoms with Crippen molar-refractivity contribution >= 4 is 11.7 Å². The van der Waals surface area contributed by atoms with E-state index in [4.69, 9.17) is 11.2 Å². The van der Waals surface area contributed by atoms with E-state index >= 15 is 0 Å². The third kappa shape index (κ3) is 3.48. The number of anilines is 1. The number of carbonyl (C=O) groups excluding carboxylic acids is 1. The number of terminal acetylenes is 1. The van der Waals surface area contributed by atoms with Gasteiger partial charge in [0, 0.05) is 11.3 Å². The minimum atomic E-state index is -1.54. The number of hydrogen-bond donors (Lipinski definition) is 1. The van der Waals surface area contributed by atoms with E-state index < -0.39 is 11.5 Å². The highest BCUT2D eigenvalue weighted by molar-refractivity contribution is 5.93. The largest absolute Gasteiger partial charge is 0.466 e. The highest BCUT2D eigenvalue weighted by atomic mass is 16.5. The summed E-state index contributed by atoms with van der Waals surface area (Å²) in [6, 6.07) is 18.5. The van der Waals surface area contributed by atoms with Gasteiger partial charge in [0.05, 0.1) is 7.11 Å². The molecule has 0 aliphatic rings. The Labute approximate surface area is 130 Å². The van der Waals surface area contributed by atoms with Gasteiger partial charge in [-0.15, -0.1) is 6.42 Å². The standard InChI is InChI=1S/C19H15NO2/c1-3-19(18(21)22-2,20-17-12-8-5-9-13-17)15-14-16-10-6-4-7-11-16/h1,4-13,20H,2H3/t19-/m0/s1. The number of hydrogen-bond acceptors (Lipinski definition) is 3. The lowest BCUT2D eigenvalue weighted by Gasteiger charge is -2.22. The van der Waals surface area contributed by atoms with E-state index in [0.717, 1.165) is 5.56 Å². The monoisotopic (exact) mass is 289 g/mol. The van der Waals surface area contributed by atoms with Gasteiger partial charge in [-0.1, -0.05) is 48.2 Å². The number of ether oxygens (including phenoxy) is 1. The second-order valence-electron chi connectivity index (χ2n) is 4.49. The molecule has 0 unspecified atom stereocenters. The van der Waals surface area contributed by atoms with Crippen molar-refractivity contribution in [2.75, 3.05) is 12.4 Å². The van der Waals surface area contributed by atoms with E-state index in [1.807, 2.05) is 48.5 Å². The first-order chi connectivity index (χ1) is 10.7. The fourth-order valence-electron chi connectivity index (χ4n) is 1.84. The zero-order valence-corrected chi connectivity index (χ0v) is 12.2. The van der Waals surface area contributed by atoms with Gasteiger partial charge < -0.3 is 10.1 Å². The van der Waals surface area contributed by atoms with Crippen molar-refractivity contribution in [3.63, 3.8) is 0 Å². The van der Waals surface area contributed by atoms with Crippen molar-refractivity contribution in [1.29, 1.82) is 0 Å². The van der Waals surface area contributed by atoms with Gasteiger partial charge in [-0.3, -0.25) is 0 Å². The summed E-state index contributed by atoms with van der Waals surface area (Å²) in [5.74, 6) is 7.55. The molecule has 1 atom stereocenters. The lowest BCUT2D eigenvalue weighted by atomic mass is 10.00. The molecule has 2 aromatic carbocycles. The summed E-state index contributed by atoms with van der Waals surface area (Å²) in [4.78, 5) is 12.2. The lowest BCUT2D eigenvalue weighted by molar-refractivity contribution is -0.142. The molecule has 0 aromatic heterocycles. The third-order valence-corrected chi connectivity index (χ3v) is 2.98. The molecule has 0 fully saturated rings. The summed E-state index contributed by atoms with van der Waals surface area (Å²) >= 11 is 0. The van der Waals surface area contributed by atoms with Crippen LogP contribution in [0, 0.1) is 24.2 Å². The number of para-hydroxylation sites is 1. The summed E-state index contributed by atoms with van der Waals surface area (Å²) in [5.41, 5.74) is -0.0829. The molecule has 0 spiro atoms. The van der Waals surface area contributed by atoms with Crippen LogP contribution in [0.3, 0.4) is 0 Å². The van der Waals surface area contributed by atoms with Crippen molar-refractivity contribution in [2.24, 2.45) is 0 Å². The summed E-state index contributed by atoms with van der Waals surface area (Å²) in [6.07, 6.45) is 5.58. The van der Waals surface area contributed by atoms with E-state index in [0.29, 0.717) is 5.69 Å². The quantitative estimate of drug-likeness (QED) is 0.697. The maximum atomic E-state index is 12.2. The number of methoxy groups -OCH3 is 1. The van der Waals surface area contributed by atoms with Crippen LogP contribution in [0.4, 0.5) is 5.69 Å². The average molecular weight is 289 g/mol. The smallest absolute Gasteiger partial charge is 0.357 e. The van der Waals surface area contributed by atoms with Crippen LogP contribution >= 0.6 is 0 Å². The van der Waals surface area contributed by atoms with E-state index in [-0.39, 0.29) is 0 Å². The number of rotatable bonds is 3. The average Bonchev–Trinajstić information content (AvgIpc) is 2.59. The van der Waals surface area contributed by atoms with Crippen LogP contribution in [0.1, 0.15) is 5.56 Å². The van der Waals surface area contributed by atoms with Gasteiger partial charge in [-0.05, 0) is 30.2 Å². The van der Waals surface area contributed by atoms with Crippen LogP contribution in [0.2, 0.25) is 0 Å². The molecule has 3 nitrogen and oxygen atoms in total. The lowest BCUT2D eigenvalue weighted by Crippen LogP contribution is -2.44. The van der Waals surface area contributed by atoms with Crippen LogP contribution in [0.15, 0.2) is 60.7 Å². The first kappa shape index (κ1) is 15.2. The molecule has 0 amide bonds. The molecule has 1 N–H and O–H groups in total. The molecule has 0 saturated carbocycles. The molecule has 3 heteroatoms. The minimum absolute atomic E-state index is 0.623. The molecule has 108 valence electrons.